The molecule has 0 bridgehead atoms. The summed E-state index contributed by atoms with van der Waals surface area (Å²) < 4.78 is 0. The Labute approximate surface area is 85.7 Å². The van der Waals surface area contributed by atoms with Gasteiger partial charge in [-0.05, 0) is 12.8 Å². The number of carbonyl (C=O) groups excluding carboxylic acids is 2. The van der Waals surface area contributed by atoms with E-state index in [0.29, 0.717) is 11.7 Å². The predicted molar refractivity (Wildman–Crippen MR) is 54.1 cm³/mol. The molecule has 1 heterocycles. The first-order valence-electron chi connectivity index (χ1n) is 4.55. The molecule has 0 radical (unpaired) electrons. The lowest BCUT2D eigenvalue weighted by molar-refractivity contribution is -0.138. The fraction of sp³-hybridized carbons (Fsp3) is 0.625. The van der Waals surface area contributed by atoms with Gasteiger partial charge in [-0.2, -0.15) is 0 Å². The lowest BCUT2D eigenvalue weighted by atomic mass is 10.5. The largest absolute Gasteiger partial charge is 0.345 e. The molecule has 76 valence electrons. The Balaban J connectivity index is 1.78. The fourth-order valence-corrected chi connectivity index (χ4v) is 1.77. The summed E-state index contributed by atoms with van der Waals surface area (Å²) in [4.78, 5) is 26.5. The standard InChI is InChI=1S/C8H11N3O2S/c12-6(10-5-1-2-5)7(13)11-8-9-3-4-14-8/h5H,1-4H2,(H,10,12)(H,9,11,13). The smallest absolute Gasteiger partial charge is 0.315 e. The van der Waals surface area contributed by atoms with Gasteiger partial charge < -0.3 is 5.32 Å². The van der Waals surface area contributed by atoms with Crippen molar-refractivity contribution in [1.29, 1.82) is 0 Å². The van der Waals surface area contributed by atoms with Gasteiger partial charge in [0.1, 0.15) is 0 Å². The van der Waals surface area contributed by atoms with Crippen LogP contribution in [0.2, 0.25) is 0 Å². The molecule has 0 atom stereocenters. The van der Waals surface area contributed by atoms with Gasteiger partial charge in [0.15, 0.2) is 5.17 Å². The molecule has 0 aromatic rings. The molecule has 1 saturated carbocycles. The molecule has 14 heavy (non-hydrogen) atoms. The molecule has 1 fully saturated rings. The Bertz CT molecular complexity index is 299. The van der Waals surface area contributed by atoms with Gasteiger partial charge in [-0.3, -0.25) is 19.9 Å². The Morgan fingerprint density at radius 3 is 2.71 bits per heavy atom. The van der Waals surface area contributed by atoms with E-state index >= 15 is 0 Å². The second-order valence-electron chi connectivity index (χ2n) is 3.24. The average Bonchev–Trinajstić information content (AvgIpc) is 2.81. The highest BCUT2D eigenvalue weighted by atomic mass is 32.2. The Morgan fingerprint density at radius 2 is 2.14 bits per heavy atom. The van der Waals surface area contributed by atoms with Crippen LogP contribution >= 0.6 is 11.8 Å². The number of hydrogen-bond donors (Lipinski definition) is 2. The van der Waals surface area contributed by atoms with E-state index in [1.807, 2.05) is 0 Å². The molecule has 0 saturated heterocycles. The van der Waals surface area contributed by atoms with Crippen molar-refractivity contribution in [3.63, 3.8) is 0 Å². The van der Waals surface area contributed by atoms with Crippen LogP contribution in [0.15, 0.2) is 4.99 Å². The lowest BCUT2D eigenvalue weighted by Crippen LogP contribution is -2.42. The van der Waals surface area contributed by atoms with E-state index in [1.165, 1.54) is 11.8 Å². The lowest BCUT2D eigenvalue weighted by Gasteiger charge is -2.03. The molecular formula is C8H11N3O2S. The Morgan fingerprint density at radius 1 is 1.36 bits per heavy atom. The minimum atomic E-state index is -0.606. The van der Waals surface area contributed by atoms with E-state index in [4.69, 9.17) is 0 Å². The van der Waals surface area contributed by atoms with E-state index in [-0.39, 0.29) is 6.04 Å². The summed E-state index contributed by atoms with van der Waals surface area (Å²) in [7, 11) is 0. The third-order valence-corrected chi connectivity index (χ3v) is 2.82. The first-order valence-corrected chi connectivity index (χ1v) is 5.53. The van der Waals surface area contributed by atoms with Crippen molar-refractivity contribution in [2.45, 2.75) is 18.9 Å². The van der Waals surface area contributed by atoms with Crippen molar-refractivity contribution < 1.29 is 9.59 Å². The summed E-state index contributed by atoms with van der Waals surface area (Å²) in [6, 6.07) is 0.214. The number of nitrogens with one attached hydrogen (secondary N) is 2. The maximum Gasteiger partial charge on any atom is 0.315 e. The van der Waals surface area contributed by atoms with Gasteiger partial charge in [-0.1, -0.05) is 11.8 Å². The zero-order valence-electron chi connectivity index (χ0n) is 7.58. The molecule has 2 amide bonds. The molecule has 1 aliphatic carbocycles. The number of amides is 2. The van der Waals surface area contributed by atoms with Crippen molar-refractivity contribution in [3.05, 3.63) is 0 Å². The number of carbonyl (C=O) groups is 2. The number of rotatable bonds is 1. The number of thioether (sulfide) groups is 1. The summed E-state index contributed by atoms with van der Waals surface area (Å²) in [6.45, 7) is 0.713. The van der Waals surface area contributed by atoms with E-state index in [0.717, 1.165) is 18.6 Å². The molecule has 2 rings (SSSR count). The SMILES string of the molecule is O=C(NC1=NCCS1)C(=O)NC1CC1. The maximum atomic E-state index is 11.2. The monoisotopic (exact) mass is 213 g/mol. The molecule has 0 unspecified atom stereocenters. The van der Waals surface area contributed by atoms with Crippen LogP contribution in [0.25, 0.3) is 0 Å². The second-order valence-corrected chi connectivity index (χ2v) is 4.32. The minimum Gasteiger partial charge on any atom is -0.345 e. The zero-order chi connectivity index (χ0) is 9.97. The highest BCUT2D eigenvalue weighted by Gasteiger charge is 2.27. The van der Waals surface area contributed by atoms with Crippen LogP contribution < -0.4 is 10.6 Å². The van der Waals surface area contributed by atoms with Gasteiger partial charge in [-0.25, -0.2) is 0 Å². The van der Waals surface area contributed by atoms with Gasteiger partial charge in [0, 0.05) is 11.8 Å². The zero-order valence-corrected chi connectivity index (χ0v) is 8.39. The highest BCUT2D eigenvalue weighted by Crippen LogP contribution is 2.18. The van der Waals surface area contributed by atoms with Gasteiger partial charge in [-0.15, -0.1) is 0 Å². The average molecular weight is 213 g/mol. The molecule has 2 aliphatic rings. The van der Waals surface area contributed by atoms with Gasteiger partial charge in [0.05, 0.1) is 6.54 Å². The van der Waals surface area contributed by atoms with Gasteiger partial charge in [0.25, 0.3) is 0 Å². The summed E-state index contributed by atoms with van der Waals surface area (Å²) in [5, 5.41) is 5.64. The molecule has 0 aromatic carbocycles. The van der Waals surface area contributed by atoms with Crippen molar-refractivity contribution in [2.75, 3.05) is 12.3 Å². The van der Waals surface area contributed by atoms with Crippen LogP contribution in [-0.2, 0) is 9.59 Å². The van der Waals surface area contributed by atoms with Crippen molar-refractivity contribution >= 4 is 28.7 Å². The quantitative estimate of drug-likeness (QED) is 0.576. The first-order chi connectivity index (χ1) is 6.75. The second kappa shape index (κ2) is 4.00. The molecule has 5 nitrogen and oxygen atoms in total. The molecular weight excluding hydrogens is 202 g/mol. The third-order valence-electron chi connectivity index (χ3n) is 1.92. The summed E-state index contributed by atoms with van der Waals surface area (Å²) in [6.07, 6.45) is 1.96. The molecule has 2 N–H and O–H groups in total. The summed E-state index contributed by atoms with van der Waals surface area (Å²) in [5.41, 5.74) is 0. The predicted octanol–water partition coefficient (Wildman–Crippen LogP) is -0.516. The van der Waals surface area contributed by atoms with Crippen LogP contribution in [0.1, 0.15) is 12.8 Å². The summed E-state index contributed by atoms with van der Waals surface area (Å²) in [5.74, 6) is -0.285. The molecule has 0 aromatic heterocycles. The van der Waals surface area contributed by atoms with Gasteiger partial charge in [0.2, 0.25) is 0 Å². The molecule has 0 spiro atoms. The number of amidine groups is 1. The topological polar surface area (TPSA) is 70.6 Å². The minimum absolute atomic E-state index is 0.214. The third kappa shape index (κ3) is 2.47. The first kappa shape index (κ1) is 9.51. The molecule has 1 aliphatic heterocycles. The van der Waals surface area contributed by atoms with E-state index in [9.17, 15) is 9.59 Å². The van der Waals surface area contributed by atoms with Crippen molar-refractivity contribution in [3.8, 4) is 0 Å². The number of aliphatic imine (C=N–C) groups is 1. The van der Waals surface area contributed by atoms with Crippen molar-refractivity contribution in [2.24, 2.45) is 4.99 Å². The number of hydrogen-bond acceptors (Lipinski definition) is 4. The normalized spacial score (nSPS) is 20.1. The van der Waals surface area contributed by atoms with Crippen LogP contribution in [0.5, 0.6) is 0 Å². The highest BCUT2D eigenvalue weighted by molar-refractivity contribution is 8.14. The van der Waals surface area contributed by atoms with Crippen LogP contribution in [0.4, 0.5) is 0 Å². The Hall–Kier alpha value is -1.04. The van der Waals surface area contributed by atoms with Crippen LogP contribution in [0, 0.1) is 0 Å². The fourth-order valence-electron chi connectivity index (χ4n) is 1.04. The maximum absolute atomic E-state index is 11.2. The van der Waals surface area contributed by atoms with E-state index in [2.05, 4.69) is 15.6 Å². The van der Waals surface area contributed by atoms with E-state index < -0.39 is 11.8 Å². The van der Waals surface area contributed by atoms with E-state index in [1.54, 1.807) is 0 Å². The Kier molecular flexibility index (Phi) is 2.72. The van der Waals surface area contributed by atoms with Gasteiger partial charge >= 0.3 is 11.8 Å². The van der Waals surface area contributed by atoms with Crippen molar-refractivity contribution in [1.82, 2.24) is 10.6 Å². The summed E-state index contributed by atoms with van der Waals surface area (Å²) >= 11 is 1.46. The molecule has 6 heteroatoms. The van der Waals surface area contributed by atoms with Crippen LogP contribution in [-0.4, -0.2) is 35.3 Å². The number of nitrogens with zero attached hydrogens (tertiary/aromatic N) is 1. The van der Waals surface area contributed by atoms with Crippen LogP contribution in [0.3, 0.4) is 0 Å².